The highest BCUT2D eigenvalue weighted by Gasteiger charge is 2.33. The average molecular weight is 410 g/mol. The van der Waals surface area contributed by atoms with Crippen molar-refractivity contribution in [2.24, 2.45) is 11.7 Å². The maximum Gasteiger partial charge on any atom is 0.238 e. The van der Waals surface area contributed by atoms with Crippen molar-refractivity contribution >= 4 is 35.6 Å². The summed E-state index contributed by atoms with van der Waals surface area (Å²) in [5.74, 6) is 1.25. The van der Waals surface area contributed by atoms with Gasteiger partial charge in [-0.15, -0.1) is 12.4 Å². The van der Waals surface area contributed by atoms with Crippen LogP contribution >= 0.6 is 24.0 Å². The third kappa shape index (κ3) is 5.36. The molecule has 3 rings (SSSR count). The molecule has 7 heteroatoms. The lowest BCUT2D eigenvalue weighted by Crippen LogP contribution is -2.32. The number of likely N-dealkylation sites (tertiary alicyclic amines) is 1. The molecular weight excluding hydrogens is 385 g/mol. The Hall–Kier alpha value is -1.79. The SMILES string of the molecule is COc1ccc(NC(=O)CN2C[C@@H](CN)[C@H](c3ccccc3)C2)cc1Cl.Cl. The molecule has 27 heavy (non-hydrogen) atoms. The number of benzene rings is 2. The quantitative estimate of drug-likeness (QED) is 0.766. The zero-order chi connectivity index (χ0) is 18.5. The van der Waals surface area contributed by atoms with E-state index in [4.69, 9.17) is 22.1 Å². The van der Waals surface area contributed by atoms with Gasteiger partial charge in [0.25, 0.3) is 0 Å². The van der Waals surface area contributed by atoms with Gasteiger partial charge in [-0.05, 0) is 36.2 Å². The molecule has 3 N–H and O–H groups in total. The lowest BCUT2D eigenvalue weighted by Gasteiger charge is -2.16. The molecule has 2 aromatic rings. The molecule has 146 valence electrons. The summed E-state index contributed by atoms with van der Waals surface area (Å²) in [4.78, 5) is 14.6. The smallest absolute Gasteiger partial charge is 0.238 e. The van der Waals surface area contributed by atoms with Crippen molar-refractivity contribution in [2.75, 3.05) is 38.6 Å². The summed E-state index contributed by atoms with van der Waals surface area (Å²) in [6.07, 6.45) is 0. The first kappa shape index (κ1) is 21.5. The van der Waals surface area contributed by atoms with Crippen LogP contribution in [-0.2, 0) is 4.79 Å². The molecule has 0 spiro atoms. The molecule has 0 aromatic heterocycles. The number of nitrogens with zero attached hydrogens (tertiary/aromatic N) is 1. The molecule has 0 aliphatic carbocycles. The number of hydrogen-bond donors (Lipinski definition) is 2. The Bertz CT molecular complexity index is 758. The Morgan fingerprint density at radius 1 is 1.26 bits per heavy atom. The van der Waals surface area contributed by atoms with E-state index in [9.17, 15) is 4.79 Å². The maximum atomic E-state index is 12.4. The second kappa shape index (κ2) is 9.95. The highest BCUT2D eigenvalue weighted by atomic mass is 35.5. The van der Waals surface area contributed by atoms with Crippen LogP contribution in [0.25, 0.3) is 0 Å². The number of halogens is 2. The summed E-state index contributed by atoms with van der Waals surface area (Å²) in [6, 6.07) is 15.6. The van der Waals surface area contributed by atoms with E-state index in [0.717, 1.165) is 13.1 Å². The molecule has 1 aliphatic rings. The van der Waals surface area contributed by atoms with Crippen LogP contribution in [0.5, 0.6) is 5.75 Å². The number of nitrogens with one attached hydrogen (secondary N) is 1. The molecule has 1 amide bonds. The van der Waals surface area contributed by atoms with Gasteiger partial charge in [-0.25, -0.2) is 0 Å². The number of carbonyl (C=O) groups excluding carboxylic acids is 1. The van der Waals surface area contributed by atoms with E-state index in [1.807, 2.05) is 18.2 Å². The Morgan fingerprint density at radius 2 is 2.00 bits per heavy atom. The average Bonchev–Trinajstić information content (AvgIpc) is 3.05. The summed E-state index contributed by atoms with van der Waals surface area (Å²) >= 11 is 6.11. The molecular formula is C20H25Cl2N3O2. The number of carbonyl (C=O) groups is 1. The fraction of sp³-hybridized carbons (Fsp3) is 0.350. The van der Waals surface area contributed by atoms with E-state index in [0.29, 0.717) is 41.4 Å². The molecule has 5 nitrogen and oxygen atoms in total. The molecule has 0 saturated carbocycles. The fourth-order valence-electron chi connectivity index (χ4n) is 3.55. The summed E-state index contributed by atoms with van der Waals surface area (Å²) in [6.45, 7) is 2.62. The third-order valence-corrected chi connectivity index (χ3v) is 5.15. The maximum absolute atomic E-state index is 12.4. The number of amides is 1. The number of rotatable bonds is 6. The van der Waals surface area contributed by atoms with Gasteiger partial charge < -0.3 is 15.8 Å². The summed E-state index contributed by atoms with van der Waals surface area (Å²) in [5.41, 5.74) is 7.92. The van der Waals surface area contributed by atoms with Gasteiger partial charge in [0.2, 0.25) is 5.91 Å². The topological polar surface area (TPSA) is 67.6 Å². The second-order valence-electron chi connectivity index (χ2n) is 6.60. The van der Waals surface area contributed by atoms with Crippen molar-refractivity contribution in [3.05, 3.63) is 59.1 Å². The van der Waals surface area contributed by atoms with Crippen molar-refractivity contribution in [3.63, 3.8) is 0 Å². The van der Waals surface area contributed by atoms with Crippen molar-refractivity contribution in [3.8, 4) is 5.75 Å². The predicted molar refractivity (Wildman–Crippen MR) is 112 cm³/mol. The lowest BCUT2D eigenvalue weighted by atomic mass is 9.89. The van der Waals surface area contributed by atoms with Crippen LogP contribution in [0.3, 0.4) is 0 Å². The second-order valence-corrected chi connectivity index (χ2v) is 7.01. The van der Waals surface area contributed by atoms with Crippen molar-refractivity contribution in [2.45, 2.75) is 5.92 Å². The van der Waals surface area contributed by atoms with E-state index in [2.05, 4.69) is 22.3 Å². The van der Waals surface area contributed by atoms with Gasteiger partial charge in [-0.2, -0.15) is 0 Å². The van der Waals surface area contributed by atoms with E-state index >= 15 is 0 Å². The molecule has 1 aliphatic heterocycles. The van der Waals surface area contributed by atoms with Gasteiger partial charge in [0.1, 0.15) is 5.75 Å². The Balaban J connectivity index is 0.00000261. The Kier molecular flexibility index (Phi) is 7.92. The van der Waals surface area contributed by atoms with Gasteiger partial charge in [-0.1, -0.05) is 41.9 Å². The van der Waals surface area contributed by atoms with E-state index in [1.54, 1.807) is 25.3 Å². The number of anilines is 1. The molecule has 0 bridgehead atoms. The highest BCUT2D eigenvalue weighted by molar-refractivity contribution is 6.32. The van der Waals surface area contributed by atoms with Crippen LogP contribution in [0, 0.1) is 5.92 Å². The molecule has 0 radical (unpaired) electrons. The zero-order valence-electron chi connectivity index (χ0n) is 15.2. The van der Waals surface area contributed by atoms with Crippen LogP contribution in [0.4, 0.5) is 5.69 Å². The van der Waals surface area contributed by atoms with Crippen molar-refractivity contribution < 1.29 is 9.53 Å². The number of nitrogens with two attached hydrogens (primary N) is 1. The number of hydrogen-bond acceptors (Lipinski definition) is 4. The fourth-order valence-corrected chi connectivity index (χ4v) is 3.81. The minimum Gasteiger partial charge on any atom is -0.495 e. The van der Waals surface area contributed by atoms with Gasteiger partial charge in [-0.3, -0.25) is 9.69 Å². The molecule has 2 atom stereocenters. The standard InChI is InChI=1S/C20H24ClN3O2.ClH/c1-26-19-8-7-16(9-18(19)21)23-20(25)13-24-11-15(10-22)17(12-24)14-5-3-2-4-6-14;/h2-9,15,17H,10-13,22H2,1H3,(H,23,25);1H/t15-,17+;/m1./s1. The minimum atomic E-state index is -0.0595. The lowest BCUT2D eigenvalue weighted by molar-refractivity contribution is -0.117. The first-order valence-electron chi connectivity index (χ1n) is 8.71. The van der Waals surface area contributed by atoms with Crippen LogP contribution in [0.2, 0.25) is 5.02 Å². The zero-order valence-corrected chi connectivity index (χ0v) is 16.8. The summed E-state index contributed by atoms with van der Waals surface area (Å²) in [7, 11) is 1.56. The van der Waals surface area contributed by atoms with E-state index in [1.165, 1.54) is 5.56 Å². The first-order chi connectivity index (χ1) is 12.6. The van der Waals surface area contributed by atoms with Gasteiger partial charge in [0, 0.05) is 24.7 Å². The van der Waals surface area contributed by atoms with Crippen molar-refractivity contribution in [1.82, 2.24) is 4.90 Å². The number of ether oxygens (including phenoxy) is 1. The number of methoxy groups -OCH3 is 1. The molecule has 0 unspecified atom stereocenters. The van der Waals surface area contributed by atoms with Crippen LogP contribution < -0.4 is 15.8 Å². The van der Waals surface area contributed by atoms with Crippen LogP contribution in [0.15, 0.2) is 48.5 Å². The largest absolute Gasteiger partial charge is 0.495 e. The van der Waals surface area contributed by atoms with Crippen LogP contribution in [-0.4, -0.2) is 44.1 Å². The summed E-state index contributed by atoms with van der Waals surface area (Å²) in [5, 5.41) is 3.37. The van der Waals surface area contributed by atoms with E-state index in [-0.39, 0.29) is 18.3 Å². The Morgan fingerprint density at radius 3 is 2.63 bits per heavy atom. The van der Waals surface area contributed by atoms with Crippen molar-refractivity contribution in [1.29, 1.82) is 0 Å². The monoisotopic (exact) mass is 409 g/mol. The Labute approximate surface area is 171 Å². The molecule has 2 aromatic carbocycles. The van der Waals surface area contributed by atoms with Gasteiger partial charge >= 0.3 is 0 Å². The molecule has 1 saturated heterocycles. The highest BCUT2D eigenvalue weighted by Crippen LogP contribution is 2.32. The predicted octanol–water partition coefficient (Wildman–Crippen LogP) is 3.38. The summed E-state index contributed by atoms with van der Waals surface area (Å²) < 4.78 is 5.13. The normalized spacial score (nSPS) is 19.4. The minimum absolute atomic E-state index is 0. The van der Waals surface area contributed by atoms with Gasteiger partial charge in [0.15, 0.2) is 0 Å². The molecule has 1 heterocycles. The third-order valence-electron chi connectivity index (χ3n) is 4.85. The van der Waals surface area contributed by atoms with Crippen LogP contribution in [0.1, 0.15) is 11.5 Å². The molecule has 1 fully saturated rings. The van der Waals surface area contributed by atoms with E-state index < -0.39 is 0 Å². The first-order valence-corrected chi connectivity index (χ1v) is 9.09. The van der Waals surface area contributed by atoms with Gasteiger partial charge in [0.05, 0.1) is 18.7 Å².